The zero-order valence-corrected chi connectivity index (χ0v) is 15.3. The van der Waals surface area contributed by atoms with E-state index < -0.39 is 0 Å². The maximum Gasteiger partial charge on any atom is 0.0875 e. The molecule has 1 saturated heterocycles. The van der Waals surface area contributed by atoms with Gasteiger partial charge in [-0.2, -0.15) is 0 Å². The Morgan fingerprint density at radius 3 is 2.67 bits per heavy atom. The molecule has 0 amide bonds. The van der Waals surface area contributed by atoms with Gasteiger partial charge in [0.2, 0.25) is 0 Å². The van der Waals surface area contributed by atoms with E-state index in [0.29, 0.717) is 29.1 Å². The van der Waals surface area contributed by atoms with Crippen LogP contribution >= 0.6 is 0 Å². The lowest BCUT2D eigenvalue weighted by Gasteiger charge is -2.59. The van der Waals surface area contributed by atoms with Gasteiger partial charge in [-0.1, -0.05) is 25.5 Å². The lowest BCUT2D eigenvalue weighted by molar-refractivity contribution is -0.172. The molecule has 2 N–H and O–H groups in total. The van der Waals surface area contributed by atoms with Gasteiger partial charge in [0.15, 0.2) is 0 Å². The van der Waals surface area contributed by atoms with Crippen molar-refractivity contribution in [1.29, 1.82) is 0 Å². The summed E-state index contributed by atoms with van der Waals surface area (Å²) in [5.74, 6) is 2.50. The van der Waals surface area contributed by atoms with E-state index in [1.165, 1.54) is 38.5 Å². The first kappa shape index (κ1) is 15.8. The number of hydrogen-bond acceptors (Lipinski definition) is 3. The predicted octanol–water partition coefficient (Wildman–Crippen LogP) is 3.67. The first-order valence-electron chi connectivity index (χ1n) is 10.2. The molecule has 3 unspecified atom stereocenters. The van der Waals surface area contributed by atoms with Gasteiger partial charge in [0, 0.05) is 6.04 Å². The Hall–Kier alpha value is -0.380. The van der Waals surface area contributed by atoms with Crippen LogP contribution in [0.4, 0.5) is 0 Å². The van der Waals surface area contributed by atoms with Crippen molar-refractivity contribution in [2.24, 2.45) is 34.3 Å². The third-order valence-corrected chi connectivity index (χ3v) is 8.91. The van der Waals surface area contributed by atoms with Crippen molar-refractivity contribution in [3.8, 4) is 0 Å². The predicted molar refractivity (Wildman–Crippen MR) is 94.5 cm³/mol. The fraction of sp³-hybridized carbons (Fsp3) is 0.905. The molecular formula is C21H33NO2. The van der Waals surface area contributed by atoms with Crippen LogP contribution in [0, 0.1) is 28.6 Å². The van der Waals surface area contributed by atoms with E-state index in [9.17, 15) is 0 Å². The molecule has 0 bridgehead atoms. The highest BCUT2D eigenvalue weighted by Gasteiger charge is 2.59. The molecule has 24 heavy (non-hydrogen) atoms. The fourth-order valence-corrected chi connectivity index (χ4v) is 7.43. The van der Waals surface area contributed by atoms with Gasteiger partial charge in [-0.15, -0.1) is 0 Å². The average molecular weight is 332 g/mol. The molecule has 1 aliphatic heterocycles. The van der Waals surface area contributed by atoms with Gasteiger partial charge in [0.25, 0.3) is 0 Å². The first-order valence-corrected chi connectivity index (χ1v) is 10.2. The quantitative estimate of drug-likeness (QED) is 0.689. The van der Waals surface area contributed by atoms with Crippen LogP contribution in [0.15, 0.2) is 11.6 Å². The maximum atomic E-state index is 6.55. The molecule has 134 valence electrons. The zero-order valence-electron chi connectivity index (χ0n) is 15.3. The van der Waals surface area contributed by atoms with Gasteiger partial charge < -0.3 is 15.2 Å². The van der Waals surface area contributed by atoms with E-state index in [2.05, 4.69) is 19.9 Å². The molecule has 0 aromatic rings. The van der Waals surface area contributed by atoms with Crippen molar-refractivity contribution in [3.63, 3.8) is 0 Å². The molecule has 0 aromatic carbocycles. The van der Waals surface area contributed by atoms with Crippen molar-refractivity contribution in [3.05, 3.63) is 11.6 Å². The summed E-state index contributed by atoms with van der Waals surface area (Å²) in [5, 5.41) is 0. The SMILES string of the molecule is C[C@]12CC3OCCOC3CC1=CC[C@@H]1[C@@H]2CC[C@]2(C)C(N)CC[C@@H]12. The van der Waals surface area contributed by atoms with Gasteiger partial charge in [0.05, 0.1) is 25.4 Å². The Morgan fingerprint density at radius 1 is 1.04 bits per heavy atom. The van der Waals surface area contributed by atoms with E-state index in [1.54, 1.807) is 5.57 Å². The fourth-order valence-electron chi connectivity index (χ4n) is 7.43. The number of rotatable bonds is 0. The highest BCUT2D eigenvalue weighted by Crippen LogP contribution is 2.64. The van der Waals surface area contributed by atoms with Crippen LogP contribution < -0.4 is 5.73 Å². The van der Waals surface area contributed by atoms with Crippen LogP contribution in [0.2, 0.25) is 0 Å². The average Bonchev–Trinajstić information content (AvgIpc) is 2.88. The second-order valence-corrected chi connectivity index (χ2v) is 9.71. The van der Waals surface area contributed by atoms with Gasteiger partial charge in [0.1, 0.15) is 0 Å². The summed E-state index contributed by atoms with van der Waals surface area (Å²) in [6.45, 7) is 6.58. The van der Waals surface area contributed by atoms with Gasteiger partial charge in [-0.3, -0.25) is 0 Å². The lowest BCUT2D eigenvalue weighted by Crippen LogP contribution is -2.55. The summed E-state index contributed by atoms with van der Waals surface area (Å²) in [6, 6.07) is 0.424. The Kier molecular flexibility index (Phi) is 3.51. The zero-order chi connectivity index (χ0) is 16.5. The lowest BCUT2D eigenvalue weighted by atomic mass is 9.47. The minimum absolute atomic E-state index is 0.309. The monoisotopic (exact) mass is 331 g/mol. The second kappa shape index (κ2) is 5.31. The van der Waals surface area contributed by atoms with Crippen LogP contribution in [0.3, 0.4) is 0 Å². The highest BCUT2D eigenvalue weighted by atomic mass is 16.6. The number of fused-ring (bicyclic) bond motifs is 6. The van der Waals surface area contributed by atoms with Crippen LogP contribution in [-0.4, -0.2) is 31.5 Å². The van der Waals surface area contributed by atoms with Gasteiger partial charge >= 0.3 is 0 Å². The summed E-state index contributed by atoms with van der Waals surface area (Å²) in [5.41, 5.74) is 8.95. The summed E-state index contributed by atoms with van der Waals surface area (Å²) in [6.07, 6.45) is 12.1. The normalized spacial score (nSPS) is 56.5. The van der Waals surface area contributed by atoms with Crippen molar-refractivity contribution in [2.45, 2.75) is 77.0 Å². The molecule has 3 saturated carbocycles. The van der Waals surface area contributed by atoms with Crippen molar-refractivity contribution < 1.29 is 9.47 Å². The van der Waals surface area contributed by atoms with E-state index in [1.807, 2.05) is 0 Å². The van der Waals surface area contributed by atoms with Crippen LogP contribution in [-0.2, 0) is 9.47 Å². The summed E-state index contributed by atoms with van der Waals surface area (Å²) in [7, 11) is 0. The molecular weight excluding hydrogens is 298 g/mol. The molecule has 3 heteroatoms. The van der Waals surface area contributed by atoms with Crippen LogP contribution in [0.5, 0.6) is 0 Å². The Morgan fingerprint density at radius 2 is 1.83 bits per heavy atom. The number of allylic oxidation sites excluding steroid dienone is 1. The molecule has 3 nitrogen and oxygen atoms in total. The molecule has 5 rings (SSSR count). The molecule has 0 aromatic heterocycles. The summed E-state index contributed by atoms with van der Waals surface area (Å²) >= 11 is 0. The molecule has 0 spiro atoms. The smallest absolute Gasteiger partial charge is 0.0875 e. The first-order chi connectivity index (χ1) is 11.5. The molecule has 5 aliphatic rings. The largest absolute Gasteiger partial charge is 0.373 e. The highest BCUT2D eigenvalue weighted by molar-refractivity contribution is 5.27. The third kappa shape index (κ3) is 2.01. The molecule has 4 fully saturated rings. The van der Waals surface area contributed by atoms with Crippen molar-refractivity contribution in [2.75, 3.05) is 13.2 Å². The molecule has 1 heterocycles. The van der Waals surface area contributed by atoms with Crippen LogP contribution in [0.25, 0.3) is 0 Å². The van der Waals surface area contributed by atoms with Gasteiger partial charge in [-0.25, -0.2) is 0 Å². The minimum Gasteiger partial charge on any atom is -0.373 e. The Bertz CT molecular complexity index is 560. The number of ether oxygens (including phenoxy) is 2. The van der Waals surface area contributed by atoms with E-state index in [-0.39, 0.29) is 0 Å². The Labute approximate surface area is 146 Å². The molecule has 8 atom stereocenters. The van der Waals surface area contributed by atoms with E-state index in [0.717, 1.165) is 37.4 Å². The van der Waals surface area contributed by atoms with Crippen molar-refractivity contribution in [1.82, 2.24) is 0 Å². The second-order valence-electron chi connectivity index (χ2n) is 9.71. The number of hydrogen-bond donors (Lipinski definition) is 1. The third-order valence-electron chi connectivity index (χ3n) is 8.91. The Balaban J connectivity index is 1.47. The van der Waals surface area contributed by atoms with Gasteiger partial charge in [-0.05, 0) is 73.5 Å². The van der Waals surface area contributed by atoms with E-state index in [4.69, 9.17) is 15.2 Å². The summed E-state index contributed by atoms with van der Waals surface area (Å²) in [4.78, 5) is 0. The maximum absolute atomic E-state index is 6.55. The topological polar surface area (TPSA) is 44.5 Å². The van der Waals surface area contributed by atoms with Crippen molar-refractivity contribution >= 4 is 0 Å². The molecule has 0 radical (unpaired) electrons. The standard InChI is InChI=1S/C21H33NO2/c1-20-8-7-16-14(15(20)5-6-19(20)22)4-3-13-11-17-18(12-21(13,16)2)24-10-9-23-17/h3,14-19H,4-12,22H2,1-2H3/t14-,15-,16-,17?,18?,19?,20-,21-/m0/s1. The van der Waals surface area contributed by atoms with Crippen LogP contribution in [0.1, 0.15) is 58.8 Å². The molecule has 4 aliphatic carbocycles. The number of nitrogens with two attached hydrogens (primary N) is 1. The summed E-state index contributed by atoms with van der Waals surface area (Å²) < 4.78 is 12.2. The van der Waals surface area contributed by atoms with E-state index >= 15 is 0 Å². The minimum atomic E-state index is 0.309.